The van der Waals surface area contributed by atoms with E-state index in [1.54, 1.807) is 13.0 Å². The highest BCUT2D eigenvalue weighted by molar-refractivity contribution is 5.87. The van der Waals surface area contributed by atoms with Gasteiger partial charge in [-0.25, -0.2) is 0 Å². The summed E-state index contributed by atoms with van der Waals surface area (Å²) in [5.74, 6) is 0.142. The molecule has 0 rings (SSSR count). The number of allylic oxidation sites excluding steroid dienone is 4. The number of rotatable bonds is 6. The standard InChI is InChI=1S/C11H18O/c1-3-4-5-6-7-8-9-10-11(2)12/h3-4,9-10H,5-8H2,1-2H3. The first-order valence-electron chi connectivity index (χ1n) is 4.55. The van der Waals surface area contributed by atoms with E-state index >= 15 is 0 Å². The van der Waals surface area contributed by atoms with E-state index in [2.05, 4.69) is 12.2 Å². The van der Waals surface area contributed by atoms with Gasteiger partial charge in [-0.3, -0.25) is 4.79 Å². The lowest BCUT2D eigenvalue weighted by molar-refractivity contribution is -0.112. The monoisotopic (exact) mass is 166 g/mol. The minimum atomic E-state index is 0.142. The van der Waals surface area contributed by atoms with Crippen molar-refractivity contribution >= 4 is 5.78 Å². The fraction of sp³-hybridized carbons (Fsp3) is 0.545. The molecule has 0 aliphatic rings. The maximum Gasteiger partial charge on any atom is 0.152 e. The highest BCUT2D eigenvalue weighted by atomic mass is 16.1. The van der Waals surface area contributed by atoms with Crippen LogP contribution in [0.2, 0.25) is 0 Å². The average Bonchev–Trinajstić information content (AvgIpc) is 2.02. The second-order valence-electron chi connectivity index (χ2n) is 2.87. The third kappa shape index (κ3) is 9.15. The molecule has 0 amide bonds. The number of unbranched alkanes of at least 4 members (excludes halogenated alkanes) is 3. The van der Waals surface area contributed by atoms with E-state index < -0.39 is 0 Å². The van der Waals surface area contributed by atoms with Crippen LogP contribution in [0.4, 0.5) is 0 Å². The van der Waals surface area contributed by atoms with Gasteiger partial charge in [0, 0.05) is 0 Å². The van der Waals surface area contributed by atoms with Crippen LogP contribution in [0.15, 0.2) is 24.3 Å². The van der Waals surface area contributed by atoms with Crippen LogP contribution in [-0.4, -0.2) is 5.78 Å². The van der Waals surface area contributed by atoms with Crippen molar-refractivity contribution in [2.75, 3.05) is 0 Å². The molecule has 0 spiro atoms. The van der Waals surface area contributed by atoms with Crippen molar-refractivity contribution < 1.29 is 4.79 Å². The molecule has 0 bridgehead atoms. The Bertz CT molecular complexity index is 166. The van der Waals surface area contributed by atoms with Gasteiger partial charge in [0.15, 0.2) is 5.78 Å². The van der Waals surface area contributed by atoms with Crippen molar-refractivity contribution in [1.82, 2.24) is 0 Å². The molecule has 0 radical (unpaired) electrons. The largest absolute Gasteiger partial charge is 0.295 e. The summed E-state index contributed by atoms with van der Waals surface area (Å²) in [4.78, 5) is 10.5. The van der Waals surface area contributed by atoms with Gasteiger partial charge in [0.2, 0.25) is 0 Å². The zero-order valence-electron chi connectivity index (χ0n) is 8.05. The molecule has 12 heavy (non-hydrogen) atoms. The molecule has 0 fully saturated rings. The molecule has 0 saturated heterocycles. The Morgan fingerprint density at radius 1 is 1.17 bits per heavy atom. The van der Waals surface area contributed by atoms with Crippen LogP contribution < -0.4 is 0 Å². The first-order valence-corrected chi connectivity index (χ1v) is 4.55. The van der Waals surface area contributed by atoms with Gasteiger partial charge in [-0.05, 0) is 45.6 Å². The second-order valence-corrected chi connectivity index (χ2v) is 2.87. The Balaban J connectivity index is 3.16. The van der Waals surface area contributed by atoms with Gasteiger partial charge in [0.05, 0.1) is 0 Å². The normalized spacial score (nSPS) is 11.5. The second kappa shape index (κ2) is 8.25. The van der Waals surface area contributed by atoms with Crippen molar-refractivity contribution in [3.05, 3.63) is 24.3 Å². The van der Waals surface area contributed by atoms with Crippen LogP contribution in [-0.2, 0) is 4.79 Å². The van der Waals surface area contributed by atoms with Crippen LogP contribution in [0.3, 0.4) is 0 Å². The van der Waals surface area contributed by atoms with Gasteiger partial charge >= 0.3 is 0 Å². The molecular formula is C11H18O. The Kier molecular flexibility index (Phi) is 7.66. The quantitative estimate of drug-likeness (QED) is 0.336. The number of carbonyl (C=O) groups excluding carboxylic acids is 1. The minimum absolute atomic E-state index is 0.142. The van der Waals surface area contributed by atoms with Crippen molar-refractivity contribution in [3.63, 3.8) is 0 Å². The lowest BCUT2D eigenvalue weighted by Crippen LogP contribution is -1.79. The van der Waals surface area contributed by atoms with Crippen molar-refractivity contribution in [2.24, 2.45) is 0 Å². The molecule has 0 aromatic carbocycles. The smallest absolute Gasteiger partial charge is 0.152 e. The zero-order chi connectivity index (χ0) is 9.23. The first-order chi connectivity index (χ1) is 5.77. The van der Waals surface area contributed by atoms with Gasteiger partial charge in [-0.2, -0.15) is 0 Å². The lowest BCUT2D eigenvalue weighted by atomic mass is 10.2. The van der Waals surface area contributed by atoms with E-state index in [-0.39, 0.29) is 5.78 Å². The van der Waals surface area contributed by atoms with E-state index in [9.17, 15) is 4.79 Å². The zero-order valence-corrected chi connectivity index (χ0v) is 8.05. The van der Waals surface area contributed by atoms with Gasteiger partial charge < -0.3 is 0 Å². The molecule has 0 aromatic rings. The molecule has 0 N–H and O–H groups in total. The maximum atomic E-state index is 10.5. The summed E-state index contributed by atoms with van der Waals surface area (Å²) in [6.07, 6.45) is 12.4. The fourth-order valence-electron chi connectivity index (χ4n) is 0.940. The van der Waals surface area contributed by atoms with E-state index in [1.165, 1.54) is 12.8 Å². The molecule has 0 aliphatic carbocycles. The molecule has 1 heteroatoms. The van der Waals surface area contributed by atoms with E-state index in [0.717, 1.165) is 12.8 Å². The van der Waals surface area contributed by atoms with Crippen LogP contribution in [0.25, 0.3) is 0 Å². The third-order valence-electron chi connectivity index (χ3n) is 1.58. The van der Waals surface area contributed by atoms with E-state index in [4.69, 9.17) is 0 Å². The average molecular weight is 166 g/mol. The number of hydrogen-bond acceptors (Lipinski definition) is 1. The summed E-state index contributed by atoms with van der Waals surface area (Å²) in [5, 5.41) is 0. The summed E-state index contributed by atoms with van der Waals surface area (Å²) in [6.45, 7) is 3.62. The SMILES string of the molecule is CC=CCCCCC=CC(C)=O. The topological polar surface area (TPSA) is 17.1 Å². The summed E-state index contributed by atoms with van der Waals surface area (Å²) in [7, 11) is 0. The summed E-state index contributed by atoms with van der Waals surface area (Å²) in [5.41, 5.74) is 0. The van der Waals surface area contributed by atoms with Gasteiger partial charge in [0.1, 0.15) is 0 Å². The van der Waals surface area contributed by atoms with E-state index in [0.29, 0.717) is 0 Å². The molecule has 0 heterocycles. The molecule has 0 saturated carbocycles. The third-order valence-corrected chi connectivity index (χ3v) is 1.58. The molecule has 0 aromatic heterocycles. The minimum Gasteiger partial charge on any atom is -0.295 e. The first kappa shape index (κ1) is 11.2. The highest BCUT2D eigenvalue weighted by Crippen LogP contribution is 2.01. The maximum absolute atomic E-state index is 10.5. The molecule has 1 nitrogen and oxygen atoms in total. The van der Waals surface area contributed by atoms with Crippen molar-refractivity contribution in [2.45, 2.75) is 39.5 Å². The Morgan fingerprint density at radius 3 is 2.25 bits per heavy atom. The number of hydrogen-bond donors (Lipinski definition) is 0. The Hall–Kier alpha value is -0.850. The fourth-order valence-corrected chi connectivity index (χ4v) is 0.940. The molecule has 0 unspecified atom stereocenters. The summed E-state index contributed by atoms with van der Waals surface area (Å²) in [6, 6.07) is 0. The van der Waals surface area contributed by atoms with Crippen LogP contribution in [0.1, 0.15) is 39.5 Å². The van der Waals surface area contributed by atoms with Crippen molar-refractivity contribution in [3.8, 4) is 0 Å². The summed E-state index contributed by atoms with van der Waals surface area (Å²) < 4.78 is 0. The predicted molar refractivity (Wildman–Crippen MR) is 53.1 cm³/mol. The predicted octanol–water partition coefficient (Wildman–Crippen LogP) is 3.27. The highest BCUT2D eigenvalue weighted by Gasteiger charge is 1.84. The number of ketones is 1. The number of carbonyl (C=O) groups is 1. The summed E-state index contributed by atoms with van der Waals surface area (Å²) >= 11 is 0. The van der Waals surface area contributed by atoms with Crippen LogP contribution in [0.5, 0.6) is 0 Å². The Morgan fingerprint density at radius 2 is 1.75 bits per heavy atom. The van der Waals surface area contributed by atoms with E-state index in [1.807, 2.05) is 13.0 Å². The molecule has 0 atom stereocenters. The van der Waals surface area contributed by atoms with Gasteiger partial charge in [-0.15, -0.1) is 0 Å². The van der Waals surface area contributed by atoms with Crippen molar-refractivity contribution in [1.29, 1.82) is 0 Å². The van der Waals surface area contributed by atoms with Crippen LogP contribution in [0, 0.1) is 0 Å². The van der Waals surface area contributed by atoms with Crippen LogP contribution >= 0.6 is 0 Å². The molecule has 68 valence electrons. The Labute approximate surface area is 75.2 Å². The van der Waals surface area contributed by atoms with Gasteiger partial charge in [-0.1, -0.05) is 18.2 Å². The molecular weight excluding hydrogens is 148 g/mol. The van der Waals surface area contributed by atoms with Gasteiger partial charge in [0.25, 0.3) is 0 Å². The molecule has 0 aliphatic heterocycles. The lowest BCUT2D eigenvalue weighted by Gasteiger charge is -1.91.